The number of esters is 1. The van der Waals surface area contributed by atoms with Gasteiger partial charge in [0.25, 0.3) is 0 Å². The zero-order valence-electron chi connectivity index (χ0n) is 21.2. The number of carbonyl (C=O) groups excluding carboxylic acids is 4. The molecule has 0 radical (unpaired) electrons. The van der Waals surface area contributed by atoms with Gasteiger partial charge in [0.15, 0.2) is 0 Å². The zero-order chi connectivity index (χ0) is 26.3. The first-order valence-corrected chi connectivity index (χ1v) is 11.6. The van der Waals surface area contributed by atoms with E-state index in [0.717, 1.165) is 0 Å². The number of hydrogen-bond donors (Lipinski definition) is 2. The minimum atomic E-state index is -1.03. The minimum absolute atomic E-state index is 0.189. The Morgan fingerprint density at radius 1 is 1.14 bits per heavy atom. The molecule has 0 heterocycles. The van der Waals surface area contributed by atoms with Gasteiger partial charge in [0.1, 0.15) is 24.2 Å². The van der Waals surface area contributed by atoms with Gasteiger partial charge in [-0.25, -0.2) is 4.79 Å². The maximum Gasteiger partial charge on any atom is 0.408 e. The number of terminal acetylenes is 1. The quantitative estimate of drug-likeness (QED) is 0.410. The SMILES string of the molecule is C#Cc1ccc(C(C(=O)NCC(=O)OC)N(C(=O)C(NC(=O)OC(C)(C)C)C(C)C)C2CC2)cc1. The minimum Gasteiger partial charge on any atom is -0.468 e. The summed E-state index contributed by atoms with van der Waals surface area (Å²) in [4.78, 5) is 52.8. The van der Waals surface area contributed by atoms with Crippen LogP contribution in [0.25, 0.3) is 0 Å². The average molecular weight is 486 g/mol. The lowest BCUT2D eigenvalue weighted by Crippen LogP contribution is -2.55. The molecule has 0 spiro atoms. The lowest BCUT2D eigenvalue weighted by molar-refractivity contribution is -0.145. The lowest BCUT2D eigenvalue weighted by Gasteiger charge is -2.35. The van der Waals surface area contributed by atoms with Crippen LogP contribution in [-0.2, 0) is 23.9 Å². The van der Waals surface area contributed by atoms with Crippen molar-refractivity contribution in [3.8, 4) is 12.3 Å². The average Bonchev–Trinajstić information content (AvgIpc) is 3.62. The molecule has 9 heteroatoms. The summed E-state index contributed by atoms with van der Waals surface area (Å²) in [5, 5.41) is 5.23. The molecule has 1 saturated carbocycles. The topological polar surface area (TPSA) is 114 Å². The molecule has 0 aliphatic heterocycles. The molecule has 2 unspecified atom stereocenters. The van der Waals surface area contributed by atoms with E-state index in [1.807, 2.05) is 0 Å². The van der Waals surface area contributed by atoms with Gasteiger partial charge in [-0.15, -0.1) is 6.42 Å². The van der Waals surface area contributed by atoms with Crippen LogP contribution in [0.1, 0.15) is 64.6 Å². The smallest absolute Gasteiger partial charge is 0.408 e. The van der Waals surface area contributed by atoms with Crippen LogP contribution in [0.2, 0.25) is 0 Å². The summed E-state index contributed by atoms with van der Waals surface area (Å²) >= 11 is 0. The number of alkyl carbamates (subject to hydrolysis) is 1. The number of nitrogens with zero attached hydrogens (tertiary/aromatic N) is 1. The van der Waals surface area contributed by atoms with E-state index in [1.165, 1.54) is 12.0 Å². The monoisotopic (exact) mass is 485 g/mol. The summed E-state index contributed by atoms with van der Waals surface area (Å²) in [5.74, 6) is 0.685. The molecule has 1 aromatic rings. The van der Waals surface area contributed by atoms with E-state index < -0.39 is 41.6 Å². The molecule has 0 saturated heterocycles. The van der Waals surface area contributed by atoms with E-state index >= 15 is 0 Å². The Morgan fingerprint density at radius 2 is 1.74 bits per heavy atom. The van der Waals surface area contributed by atoms with Gasteiger partial charge < -0.3 is 25.0 Å². The number of benzene rings is 1. The number of hydrogen-bond acceptors (Lipinski definition) is 6. The molecule has 190 valence electrons. The van der Waals surface area contributed by atoms with Crippen molar-refractivity contribution in [3.63, 3.8) is 0 Å². The molecule has 1 aliphatic rings. The fourth-order valence-corrected chi connectivity index (χ4v) is 3.51. The highest BCUT2D eigenvalue weighted by Gasteiger charge is 2.44. The maximum absolute atomic E-state index is 13.9. The molecule has 2 N–H and O–H groups in total. The van der Waals surface area contributed by atoms with Gasteiger partial charge in [-0.2, -0.15) is 0 Å². The largest absolute Gasteiger partial charge is 0.468 e. The van der Waals surface area contributed by atoms with Crippen molar-refractivity contribution >= 4 is 23.9 Å². The predicted molar refractivity (Wildman–Crippen MR) is 130 cm³/mol. The van der Waals surface area contributed by atoms with Gasteiger partial charge in [-0.1, -0.05) is 31.9 Å². The van der Waals surface area contributed by atoms with Gasteiger partial charge in [0.2, 0.25) is 11.8 Å². The Morgan fingerprint density at radius 3 is 2.20 bits per heavy atom. The van der Waals surface area contributed by atoms with Crippen molar-refractivity contribution in [2.75, 3.05) is 13.7 Å². The zero-order valence-corrected chi connectivity index (χ0v) is 21.2. The summed E-state index contributed by atoms with van der Waals surface area (Å²) in [6.45, 7) is 8.47. The number of carbonyl (C=O) groups is 4. The molecular weight excluding hydrogens is 450 g/mol. The van der Waals surface area contributed by atoms with Crippen LogP contribution in [0, 0.1) is 18.3 Å². The fourth-order valence-electron chi connectivity index (χ4n) is 3.51. The first kappa shape index (κ1) is 27.7. The Labute approximate surface area is 206 Å². The van der Waals surface area contributed by atoms with Crippen molar-refractivity contribution in [1.29, 1.82) is 0 Å². The molecular formula is C26H35N3O6. The highest BCUT2D eigenvalue weighted by molar-refractivity contribution is 5.93. The van der Waals surface area contributed by atoms with E-state index in [2.05, 4.69) is 21.3 Å². The third-order valence-corrected chi connectivity index (χ3v) is 5.35. The second-order valence-corrected chi connectivity index (χ2v) is 9.81. The molecule has 1 fully saturated rings. The molecule has 0 aromatic heterocycles. The van der Waals surface area contributed by atoms with Crippen LogP contribution >= 0.6 is 0 Å². The van der Waals surface area contributed by atoms with Crippen LogP contribution < -0.4 is 10.6 Å². The van der Waals surface area contributed by atoms with Gasteiger partial charge in [-0.3, -0.25) is 14.4 Å². The molecule has 2 atom stereocenters. The van der Waals surface area contributed by atoms with Crippen LogP contribution in [0.3, 0.4) is 0 Å². The second-order valence-electron chi connectivity index (χ2n) is 9.81. The number of amides is 3. The molecule has 3 amide bonds. The van der Waals surface area contributed by atoms with Crippen molar-refractivity contribution in [1.82, 2.24) is 15.5 Å². The molecule has 1 aliphatic carbocycles. The first-order chi connectivity index (χ1) is 16.4. The summed E-state index contributed by atoms with van der Waals surface area (Å²) in [5.41, 5.74) is 0.421. The van der Waals surface area contributed by atoms with Gasteiger partial charge >= 0.3 is 12.1 Å². The summed E-state index contributed by atoms with van der Waals surface area (Å²) in [7, 11) is 1.22. The van der Waals surface area contributed by atoms with Crippen molar-refractivity contribution in [2.45, 2.75) is 71.2 Å². The Balaban J connectivity index is 2.42. The number of methoxy groups -OCH3 is 1. The summed E-state index contributed by atoms with van der Waals surface area (Å²) in [6.07, 6.45) is 6.18. The number of nitrogens with one attached hydrogen (secondary N) is 2. The molecule has 0 bridgehead atoms. The van der Waals surface area contributed by atoms with E-state index in [1.54, 1.807) is 58.9 Å². The Kier molecular flexibility index (Phi) is 9.29. The van der Waals surface area contributed by atoms with Gasteiger partial charge in [-0.05, 0) is 57.2 Å². The van der Waals surface area contributed by atoms with E-state index in [-0.39, 0.29) is 18.5 Å². The van der Waals surface area contributed by atoms with E-state index in [0.29, 0.717) is 24.0 Å². The first-order valence-electron chi connectivity index (χ1n) is 11.6. The van der Waals surface area contributed by atoms with Gasteiger partial charge in [0, 0.05) is 11.6 Å². The lowest BCUT2D eigenvalue weighted by atomic mass is 9.98. The number of rotatable bonds is 9. The molecule has 1 aromatic carbocycles. The van der Waals surface area contributed by atoms with Crippen LogP contribution in [-0.4, -0.2) is 60.1 Å². The number of ether oxygens (including phenoxy) is 2. The van der Waals surface area contributed by atoms with Crippen LogP contribution in [0.5, 0.6) is 0 Å². The van der Waals surface area contributed by atoms with Crippen molar-refractivity contribution < 1.29 is 28.7 Å². The highest BCUT2D eigenvalue weighted by Crippen LogP contribution is 2.36. The normalized spacial score (nSPS) is 14.8. The van der Waals surface area contributed by atoms with Crippen LogP contribution in [0.15, 0.2) is 24.3 Å². The molecule has 2 rings (SSSR count). The highest BCUT2D eigenvalue weighted by atomic mass is 16.6. The summed E-state index contributed by atoms with van der Waals surface area (Å²) in [6, 6.07) is 4.59. The van der Waals surface area contributed by atoms with E-state index in [9.17, 15) is 19.2 Å². The fraction of sp³-hybridized carbons (Fsp3) is 0.538. The summed E-state index contributed by atoms with van der Waals surface area (Å²) < 4.78 is 9.97. The Hall–Kier alpha value is -3.54. The predicted octanol–water partition coefficient (Wildman–Crippen LogP) is 2.54. The van der Waals surface area contributed by atoms with Crippen molar-refractivity contribution in [2.24, 2.45) is 5.92 Å². The standard InChI is InChI=1S/C26H35N3O6/c1-8-17-9-11-18(12-10-17)22(23(31)27-15-20(30)34-7)29(19-13-14-19)24(32)21(16(2)3)28-25(33)35-26(4,5)6/h1,9-12,16,19,21-22H,13-15H2,2-7H3,(H,27,31)(H,28,33). The third-order valence-electron chi connectivity index (χ3n) is 5.35. The van der Waals surface area contributed by atoms with Crippen molar-refractivity contribution in [3.05, 3.63) is 35.4 Å². The van der Waals surface area contributed by atoms with Gasteiger partial charge in [0.05, 0.1) is 7.11 Å². The second kappa shape index (κ2) is 11.7. The molecule has 9 nitrogen and oxygen atoms in total. The maximum atomic E-state index is 13.9. The van der Waals surface area contributed by atoms with E-state index in [4.69, 9.17) is 11.2 Å². The van der Waals surface area contributed by atoms with Crippen LogP contribution in [0.4, 0.5) is 4.79 Å². The Bertz CT molecular complexity index is 970. The third kappa shape index (κ3) is 8.02. The molecule has 35 heavy (non-hydrogen) atoms.